The number of rotatable bonds is 3. The van der Waals surface area contributed by atoms with Gasteiger partial charge in [0, 0.05) is 23.2 Å². The number of hydrogen-bond donors (Lipinski definition) is 2. The van der Waals surface area contributed by atoms with E-state index in [0.29, 0.717) is 0 Å². The van der Waals surface area contributed by atoms with Crippen molar-refractivity contribution in [1.29, 1.82) is 0 Å². The molecule has 0 bridgehead atoms. The molecule has 0 aliphatic rings. The topological polar surface area (TPSA) is 100 Å². The van der Waals surface area contributed by atoms with Gasteiger partial charge in [-0.05, 0) is 24.3 Å². The normalized spacial score (nSPS) is 9.57. The van der Waals surface area contributed by atoms with Gasteiger partial charge in [-0.2, -0.15) is 0 Å². The summed E-state index contributed by atoms with van der Waals surface area (Å²) in [5.41, 5.74) is 2.12. The van der Waals surface area contributed by atoms with Crippen molar-refractivity contribution >= 4 is 33.7 Å². The van der Waals surface area contributed by atoms with E-state index in [0.717, 1.165) is 11.0 Å². The number of para-hydroxylation sites is 2. The highest BCUT2D eigenvalue weighted by molar-refractivity contribution is 5.78. The van der Waals surface area contributed by atoms with Crippen molar-refractivity contribution in [2.45, 2.75) is 12.8 Å². The van der Waals surface area contributed by atoms with Gasteiger partial charge >= 0.3 is 11.9 Å². The lowest BCUT2D eigenvalue weighted by Crippen LogP contribution is -2.00. The molecule has 0 radical (unpaired) electrons. The zero-order valence-electron chi connectivity index (χ0n) is 15.1. The van der Waals surface area contributed by atoms with E-state index in [1.165, 1.54) is 10.8 Å². The maximum absolute atomic E-state index is 9.64. The average Bonchev–Trinajstić information content (AvgIpc) is 2.73. The third-order valence-corrected chi connectivity index (χ3v) is 3.58. The third kappa shape index (κ3) is 7.21. The number of carboxylic acid groups (broad SMARTS) is 2. The molecule has 0 saturated heterocycles. The van der Waals surface area contributed by atoms with Gasteiger partial charge in [0.25, 0.3) is 0 Å². The predicted molar refractivity (Wildman–Crippen MR) is 108 cm³/mol. The molecule has 4 rings (SSSR count). The lowest BCUT2D eigenvalue weighted by atomic mass is 10.2. The van der Waals surface area contributed by atoms with Gasteiger partial charge in [0.2, 0.25) is 0 Å². The van der Waals surface area contributed by atoms with E-state index in [1.54, 1.807) is 0 Å². The number of carbonyl (C=O) groups is 2. The van der Waals surface area contributed by atoms with Crippen LogP contribution in [-0.4, -0.2) is 32.1 Å². The number of nitrogens with zero attached hydrogens (tertiary/aromatic N) is 2. The largest absolute Gasteiger partial charge is 0.481 e. The van der Waals surface area contributed by atoms with Crippen LogP contribution in [0.1, 0.15) is 12.8 Å². The van der Waals surface area contributed by atoms with Crippen LogP contribution in [0.4, 0.5) is 0 Å². The molecule has 0 aliphatic heterocycles. The van der Waals surface area contributed by atoms with Crippen molar-refractivity contribution in [2.75, 3.05) is 0 Å². The SMILES string of the molecule is O=C(O)CCC(=O)O.c1ccc2ncccc2c1.c1ccc2ncccc2c1. The fraction of sp³-hybridized carbons (Fsp3) is 0.0909. The summed E-state index contributed by atoms with van der Waals surface area (Å²) in [5, 5.41) is 18.2. The number of carboxylic acids is 2. The molecule has 0 unspecified atom stereocenters. The number of aliphatic carboxylic acids is 2. The van der Waals surface area contributed by atoms with Crippen LogP contribution in [0.25, 0.3) is 21.8 Å². The highest BCUT2D eigenvalue weighted by Crippen LogP contribution is 2.08. The van der Waals surface area contributed by atoms with Gasteiger partial charge in [-0.3, -0.25) is 19.6 Å². The molecule has 2 aromatic heterocycles. The maximum Gasteiger partial charge on any atom is 0.303 e. The quantitative estimate of drug-likeness (QED) is 0.549. The lowest BCUT2D eigenvalue weighted by molar-refractivity contribution is -0.143. The molecule has 2 aromatic carbocycles. The van der Waals surface area contributed by atoms with Crippen molar-refractivity contribution in [3.63, 3.8) is 0 Å². The van der Waals surface area contributed by atoms with Gasteiger partial charge in [-0.15, -0.1) is 0 Å². The summed E-state index contributed by atoms with van der Waals surface area (Å²) in [6, 6.07) is 24.2. The lowest BCUT2D eigenvalue weighted by Gasteiger charge is -1.91. The van der Waals surface area contributed by atoms with Crippen LogP contribution in [0.3, 0.4) is 0 Å². The highest BCUT2D eigenvalue weighted by atomic mass is 16.4. The fourth-order valence-corrected chi connectivity index (χ4v) is 2.25. The first-order valence-corrected chi connectivity index (χ1v) is 8.59. The minimum atomic E-state index is -1.08. The second-order valence-corrected chi connectivity index (χ2v) is 5.68. The Morgan fingerprint density at radius 1 is 0.607 bits per heavy atom. The molecule has 0 amide bonds. The van der Waals surface area contributed by atoms with Gasteiger partial charge in [0.1, 0.15) is 0 Å². The van der Waals surface area contributed by atoms with Crippen LogP contribution >= 0.6 is 0 Å². The van der Waals surface area contributed by atoms with E-state index in [2.05, 4.69) is 34.2 Å². The van der Waals surface area contributed by atoms with Crippen LogP contribution in [0.15, 0.2) is 85.2 Å². The Kier molecular flexibility index (Phi) is 8.08. The number of aromatic nitrogens is 2. The van der Waals surface area contributed by atoms with Gasteiger partial charge in [-0.25, -0.2) is 0 Å². The van der Waals surface area contributed by atoms with Crippen molar-refractivity contribution < 1.29 is 19.8 Å². The summed E-state index contributed by atoms with van der Waals surface area (Å²) < 4.78 is 0. The molecule has 0 fully saturated rings. The molecule has 6 nitrogen and oxygen atoms in total. The molecule has 2 N–H and O–H groups in total. The summed E-state index contributed by atoms with van der Waals surface area (Å²) in [4.78, 5) is 27.6. The summed E-state index contributed by atoms with van der Waals surface area (Å²) in [6.45, 7) is 0. The first-order chi connectivity index (χ1) is 13.6. The molecule has 0 saturated carbocycles. The summed E-state index contributed by atoms with van der Waals surface area (Å²) >= 11 is 0. The zero-order valence-corrected chi connectivity index (χ0v) is 15.1. The van der Waals surface area contributed by atoms with E-state index in [4.69, 9.17) is 10.2 Å². The molecular formula is C22H20N2O4. The van der Waals surface area contributed by atoms with Crippen LogP contribution < -0.4 is 0 Å². The van der Waals surface area contributed by atoms with Gasteiger partial charge < -0.3 is 10.2 Å². The number of hydrogen-bond acceptors (Lipinski definition) is 4. The molecule has 2 heterocycles. The second kappa shape index (κ2) is 11.0. The van der Waals surface area contributed by atoms with Gasteiger partial charge in [-0.1, -0.05) is 48.5 Å². The van der Waals surface area contributed by atoms with E-state index < -0.39 is 11.9 Å². The summed E-state index contributed by atoms with van der Waals surface area (Å²) in [5.74, 6) is -2.15. The van der Waals surface area contributed by atoms with E-state index in [-0.39, 0.29) is 12.8 Å². The van der Waals surface area contributed by atoms with Crippen LogP contribution in [-0.2, 0) is 9.59 Å². The van der Waals surface area contributed by atoms with Crippen LogP contribution in [0.2, 0.25) is 0 Å². The van der Waals surface area contributed by atoms with Crippen molar-refractivity contribution in [1.82, 2.24) is 9.97 Å². The fourth-order valence-electron chi connectivity index (χ4n) is 2.25. The average molecular weight is 376 g/mol. The molecule has 28 heavy (non-hydrogen) atoms. The molecule has 0 spiro atoms. The van der Waals surface area contributed by atoms with Crippen molar-refractivity contribution in [3.8, 4) is 0 Å². The minimum Gasteiger partial charge on any atom is -0.481 e. The van der Waals surface area contributed by atoms with Gasteiger partial charge in [0.15, 0.2) is 0 Å². The first kappa shape index (κ1) is 20.5. The Morgan fingerprint density at radius 2 is 0.964 bits per heavy atom. The Morgan fingerprint density at radius 3 is 1.32 bits per heavy atom. The van der Waals surface area contributed by atoms with Crippen LogP contribution in [0.5, 0.6) is 0 Å². The number of benzene rings is 2. The van der Waals surface area contributed by atoms with Crippen LogP contribution in [0, 0.1) is 0 Å². The number of fused-ring (bicyclic) bond motifs is 2. The standard InChI is InChI=1S/2C9H7N.C4H6O4/c2*1-2-6-9-8(4-1)5-3-7-10-9;5-3(6)1-2-4(7)8/h2*1-7H;1-2H2,(H,5,6)(H,7,8). The predicted octanol–water partition coefficient (Wildman–Crippen LogP) is 4.41. The summed E-state index contributed by atoms with van der Waals surface area (Å²) in [7, 11) is 0. The maximum atomic E-state index is 9.64. The second-order valence-electron chi connectivity index (χ2n) is 5.68. The third-order valence-electron chi connectivity index (χ3n) is 3.58. The molecule has 6 heteroatoms. The molecule has 0 atom stereocenters. The minimum absolute atomic E-state index is 0.296. The van der Waals surface area contributed by atoms with Crippen molar-refractivity contribution in [2.24, 2.45) is 0 Å². The number of pyridine rings is 2. The monoisotopic (exact) mass is 376 g/mol. The van der Waals surface area contributed by atoms with E-state index in [1.807, 2.05) is 60.9 Å². The van der Waals surface area contributed by atoms with E-state index in [9.17, 15) is 9.59 Å². The highest BCUT2D eigenvalue weighted by Gasteiger charge is 2.00. The zero-order chi connectivity index (χ0) is 20.2. The Bertz CT molecular complexity index is 834. The summed E-state index contributed by atoms with van der Waals surface area (Å²) in [6.07, 6.45) is 3.02. The molecular weight excluding hydrogens is 356 g/mol. The Hall–Kier alpha value is -3.80. The molecule has 0 aliphatic carbocycles. The molecule has 142 valence electrons. The smallest absolute Gasteiger partial charge is 0.303 e. The Labute approximate surface area is 162 Å². The van der Waals surface area contributed by atoms with E-state index >= 15 is 0 Å². The first-order valence-electron chi connectivity index (χ1n) is 8.59. The van der Waals surface area contributed by atoms with Crippen molar-refractivity contribution in [3.05, 3.63) is 85.2 Å². The van der Waals surface area contributed by atoms with Gasteiger partial charge in [0.05, 0.1) is 23.9 Å². The Balaban J connectivity index is 0.000000152. The molecule has 4 aromatic rings.